The molecular weight excluding hydrogens is 468 g/mol. The van der Waals surface area contributed by atoms with Crippen molar-refractivity contribution < 1.29 is 14.3 Å². The molecule has 5 aromatic rings. The van der Waals surface area contributed by atoms with Gasteiger partial charge in [0.15, 0.2) is 17.2 Å². The number of hydrogen-bond acceptors (Lipinski definition) is 5. The predicted molar refractivity (Wildman–Crippen MR) is 144 cm³/mol. The van der Waals surface area contributed by atoms with E-state index < -0.39 is 0 Å². The lowest BCUT2D eigenvalue weighted by Crippen LogP contribution is -2.24. The monoisotopic (exact) mass is 496 g/mol. The van der Waals surface area contributed by atoms with E-state index in [1.165, 1.54) is 4.52 Å². The minimum atomic E-state index is -0.353. The average molecular weight is 497 g/mol. The second-order valence-corrected chi connectivity index (χ2v) is 9.14. The Balaban J connectivity index is 1.50. The molecule has 0 spiro atoms. The maximum atomic E-state index is 13.2. The van der Waals surface area contributed by atoms with Gasteiger partial charge in [-0.05, 0) is 40.5 Å². The van der Waals surface area contributed by atoms with Crippen LogP contribution >= 0.6 is 0 Å². The first-order valence-corrected chi connectivity index (χ1v) is 12.0. The van der Waals surface area contributed by atoms with E-state index in [1.54, 1.807) is 26.5 Å². The number of methoxy groups -OCH3 is 2. The number of aromatic nitrogens is 3. The van der Waals surface area contributed by atoms with Crippen LogP contribution in [0, 0.1) is 0 Å². The summed E-state index contributed by atoms with van der Waals surface area (Å²) in [5, 5.41) is 9.66. The fourth-order valence-electron chi connectivity index (χ4n) is 4.58. The van der Waals surface area contributed by atoms with Crippen molar-refractivity contribution in [2.45, 2.75) is 26.3 Å². The van der Waals surface area contributed by atoms with Crippen LogP contribution in [0.4, 0.5) is 0 Å². The summed E-state index contributed by atoms with van der Waals surface area (Å²) >= 11 is 0. The van der Waals surface area contributed by atoms with Crippen LogP contribution in [-0.4, -0.2) is 34.7 Å². The zero-order chi connectivity index (χ0) is 26.1. The highest BCUT2D eigenvalue weighted by Gasteiger charge is 2.24. The molecule has 0 aliphatic rings. The highest BCUT2D eigenvalue weighted by molar-refractivity contribution is 5.96. The van der Waals surface area contributed by atoms with Gasteiger partial charge in [-0.15, -0.1) is 0 Å². The number of hydrogen-bond donors (Lipinski definition) is 2. The molecule has 2 N–H and O–H groups in total. The smallest absolute Gasteiger partial charge is 0.274 e. The van der Waals surface area contributed by atoms with E-state index in [0.717, 1.165) is 21.9 Å². The van der Waals surface area contributed by atoms with Gasteiger partial charge in [0.05, 0.1) is 26.1 Å². The fourth-order valence-corrected chi connectivity index (χ4v) is 4.58. The highest BCUT2D eigenvalue weighted by atomic mass is 16.5. The number of nitrogens with one attached hydrogen (secondary N) is 2. The van der Waals surface area contributed by atoms with Crippen LogP contribution in [0.1, 0.15) is 41.4 Å². The number of fused-ring (bicyclic) bond motifs is 2. The first-order chi connectivity index (χ1) is 17.9. The Morgan fingerprint density at radius 1 is 1.00 bits per heavy atom. The summed E-state index contributed by atoms with van der Waals surface area (Å²) in [6, 6.07) is 19.5. The Morgan fingerprint density at radius 3 is 2.49 bits per heavy atom. The minimum absolute atomic E-state index is 0.0908. The standard InChI is InChI=1S/C29H28N4O4/c1-17(2)25-26(28(34)30-15-18-9-12-23(36-3)24(13-18)37-4)32-33-16-22(31-29(35)27(25)33)21-11-10-19-7-5-6-8-20(19)14-21/h5-14,16-17H,15H2,1-4H3,(H,30,34)(H,31,35). The molecule has 0 aliphatic carbocycles. The predicted octanol–water partition coefficient (Wildman–Crippen LogP) is 4.91. The number of nitrogens with zero attached hydrogens (tertiary/aromatic N) is 2. The molecule has 0 unspecified atom stereocenters. The zero-order valence-corrected chi connectivity index (χ0v) is 21.2. The van der Waals surface area contributed by atoms with Crippen molar-refractivity contribution >= 4 is 22.2 Å². The lowest BCUT2D eigenvalue weighted by molar-refractivity contribution is 0.0944. The van der Waals surface area contributed by atoms with Crippen molar-refractivity contribution in [3.8, 4) is 22.8 Å². The van der Waals surface area contributed by atoms with Crippen molar-refractivity contribution in [1.82, 2.24) is 19.9 Å². The molecule has 8 nitrogen and oxygen atoms in total. The average Bonchev–Trinajstić information content (AvgIpc) is 3.32. The number of rotatable bonds is 7. The van der Waals surface area contributed by atoms with Gasteiger partial charge in [0, 0.05) is 17.7 Å². The molecule has 0 radical (unpaired) electrons. The number of H-pyrrole nitrogens is 1. The van der Waals surface area contributed by atoms with E-state index >= 15 is 0 Å². The number of benzene rings is 3. The normalized spacial score (nSPS) is 11.3. The highest BCUT2D eigenvalue weighted by Crippen LogP contribution is 2.28. The number of carbonyl (C=O) groups is 1. The van der Waals surface area contributed by atoms with Crippen LogP contribution in [0.3, 0.4) is 0 Å². The van der Waals surface area contributed by atoms with Gasteiger partial charge in [-0.3, -0.25) is 9.59 Å². The second-order valence-electron chi connectivity index (χ2n) is 9.14. The summed E-state index contributed by atoms with van der Waals surface area (Å²) in [5.74, 6) is 0.750. The SMILES string of the molecule is COc1ccc(CNC(=O)c2nn3cc(-c4ccc5ccccc5c4)[nH]c(=O)c3c2C(C)C)cc1OC. The van der Waals surface area contributed by atoms with Crippen LogP contribution in [-0.2, 0) is 6.54 Å². The molecule has 0 aliphatic heterocycles. The van der Waals surface area contributed by atoms with Gasteiger partial charge in [0.2, 0.25) is 0 Å². The van der Waals surface area contributed by atoms with Crippen LogP contribution < -0.4 is 20.3 Å². The van der Waals surface area contributed by atoms with Crippen molar-refractivity contribution in [2.75, 3.05) is 14.2 Å². The number of ether oxygens (including phenoxy) is 2. The van der Waals surface area contributed by atoms with E-state index in [9.17, 15) is 9.59 Å². The van der Waals surface area contributed by atoms with Gasteiger partial charge in [-0.25, -0.2) is 4.52 Å². The number of carbonyl (C=O) groups excluding carboxylic acids is 1. The molecule has 5 rings (SSSR count). The third kappa shape index (κ3) is 4.53. The quantitative estimate of drug-likeness (QED) is 0.334. The summed E-state index contributed by atoms with van der Waals surface area (Å²) < 4.78 is 12.1. The molecule has 0 saturated heterocycles. The Bertz CT molecular complexity index is 1680. The van der Waals surface area contributed by atoms with Gasteiger partial charge in [-0.2, -0.15) is 5.10 Å². The van der Waals surface area contributed by atoms with Crippen LogP contribution in [0.5, 0.6) is 11.5 Å². The van der Waals surface area contributed by atoms with E-state index in [0.29, 0.717) is 28.3 Å². The van der Waals surface area contributed by atoms with Crippen molar-refractivity contribution in [3.63, 3.8) is 0 Å². The summed E-state index contributed by atoms with van der Waals surface area (Å²) in [4.78, 5) is 29.5. The molecule has 0 bridgehead atoms. The molecule has 2 aromatic heterocycles. The van der Waals surface area contributed by atoms with Crippen molar-refractivity contribution in [2.24, 2.45) is 0 Å². The first kappa shape index (κ1) is 24.1. The molecule has 0 atom stereocenters. The first-order valence-electron chi connectivity index (χ1n) is 12.0. The van der Waals surface area contributed by atoms with Crippen LogP contribution in [0.15, 0.2) is 71.7 Å². The Kier molecular flexibility index (Phi) is 6.40. The summed E-state index contributed by atoms with van der Waals surface area (Å²) in [5.41, 5.74) is 3.25. The summed E-state index contributed by atoms with van der Waals surface area (Å²) in [7, 11) is 3.14. The fraction of sp³-hybridized carbons (Fsp3) is 0.207. The van der Waals surface area contributed by atoms with E-state index in [4.69, 9.17) is 9.47 Å². The topological polar surface area (TPSA) is 97.7 Å². The maximum Gasteiger partial charge on any atom is 0.274 e. The van der Waals surface area contributed by atoms with Crippen LogP contribution in [0.2, 0.25) is 0 Å². The lowest BCUT2D eigenvalue weighted by Gasteiger charge is -2.11. The molecule has 1 amide bonds. The van der Waals surface area contributed by atoms with Gasteiger partial charge >= 0.3 is 0 Å². The Morgan fingerprint density at radius 2 is 1.76 bits per heavy atom. The van der Waals surface area contributed by atoms with Gasteiger partial charge < -0.3 is 19.8 Å². The zero-order valence-electron chi connectivity index (χ0n) is 21.2. The Labute approximate surface area is 213 Å². The largest absolute Gasteiger partial charge is 0.493 e. The molecule has 37 heavy (non-hydrogen) atoms. The molecule has 2 heterocycles. The number of aromatic amines is 1. The van der Waals surface area contributed by atoms with Gasteiger partial charge in [-0.1, -0.05) is 56.3 Å². The van der Waals surface area contributed by atoms with Crippen molar-refractivity contribution in [3.05, 3.63) is 94.0 Å². The maximum absolute atomic E-state index is 13.2. The van der Waals surface area contributed by atoms with E-state index in [1.807, 2.05) is 68.4 Å². The third-order valence-electron chi connectivity index (χ3n) is 6.42. The summed E-state index contributed by atoms with van der Waals surface area (Å²) in [6.07, 6.45) is 1.76. The lowest BCUT2D eigenvalue weighted by atomic mass is 10.0. The molecule has 0 fully saturated rings. The van der Waals surface area contributed by atoms with Gasteiger partial charge in [0.1, 0.15) is 5.52 Å². The second kappa shape index (κ2) is 9.81. The number of amides is 1. The minimum Gasteiger partial charge on any atom is -0.493 e. The molecule has 0 saturated carbocycles. The molecule has 8 heteroatoms. The molecule has 188 valence electrons. The molecule has 3 aromatic carbocycles. The third-order valence-corrected chi connectivity index (χ3v) is 6.42. The molecular formula is C29H28N4O4. The van der Waals surface area contributed by atoms with Crippen molar-refractivity contribution in [1.29, 1.82) is 0 Å². The Hall–Kier alpha value is -4.59. The summed E-state index contributed by atoms with van der Waals surface area (Å²) in [6.45, 7) is 4.15. The van der Waals surface area contributed by atoms with E-state index in [-0.39, 0.29) is 29.6 Å². The van der Waals surface area contributed by atoms with E-state index in [2.05, 4.69) is 15.4 Å². The van der Waals surface area contributed by atoms with Gasteiger partial charge in [0.25, 0.3) is 11.5 Å². The van der Waals surface area contributed by atoms with Crippen LogP contribution in [0.25, 0.3) is 27.5 Å².